The molecule has 6 aromatic heterocycles. The number of primary amides is 2. The molecule has 8 aromatic rings. The van der Waals surface area contributed by atoms with E-state index in [9.17, 15) is 9.59 Å². The van der Waals surface area contributed by atoms with E-state index in [0.717, 1.165) is 55.4 Å². The van der Waals surface area contributed by atoms with E-state index in [4.69, 9.17) is 50.4 Å². The summed E-state index contributed by atoms with van der Waals surface area (Å²) in [6, 6.07) is 10.8. The molecule has 0 saturated heterocycles. The third-order valence-corrected chi connectivity index (χ3v) is 11.0. The molecule has 64 heavy (non-hydrogen) atoms. The average molecular weight is 869 g/mol. The normalized spacial score (nSPS) is 11.9. The van der Waals surface area contributed by atoms with Crippen LogP contribution in [0.4, 0.5) is 0 Å². The number of carbonyl (C=O) groups is 2. The Labute approximate surface area is 368 Å². The van der Waals surface area contributed by atoms with Gasteiger partial charge >= 0.3 is 0 Å². The number of nitrogens with two attached hydrogens (primary N) is 2. The van der Waals surface area contributed by atoms with Crippen LogP contribution in [0.3, 0.4) is 0 Å². The Morgan fingerprint density at radius 3 is 1.41 bits per heavy atom. The quantitative estimate of drug-likeness (QED) is 0.0651. The Balaban J connectivity index is 1.28. The van der Waals surface area contributed by atoms with Gasteiger partial charge in [0.25, 0.3) is 0 Å². The fourth-order valence-electron chi connectivity index (χ4n) is 8.10. The Hall–Kier alpha value is -7.18. The van der Waals surface area contributed by atoms with Crippen LogP contribution in [0.5, 0.6) is 11.5 Å². The summed E-state index contributed by atoms with van der Waals surface area (Å²) in [7, 11) is 3.28. The van der Waals surface area contributed by atoms with Crippen molar-refractivity contribution in [1.29, 1.82) is 0 Å². The van der Waals surface area contributed by atoms with Crippen LogP contribution >= 0.6 is 0 Å². The maximum Gasteiger partial charge on any atom is 0.248 e. The van der Waals surface area contributed by atoms with Gasteiger partial charge in [0.1, 0.15) is 34.2 Å². The zero-order valence-electron chi connectivity index (χ0n) is 36.9. The number of aryl methyl sites for hydroxylation is 4. The van der Waals surface area contributed by atoms with E-state index in [1.165, 1.54) is 0 Å². The van der Waals surface area contributed by atoms with Crippen LogP contribution in [0.25, 0.3) is 66.9 Å². The summed E-state index contributed by atoms with van der Waals surface area (Å²) < 4.78 is 31.2. The molecule has 2 aromatic carbocycles. The lowest BCUT2D eigenvalue weighted by Gasteiger charge is -2.13. The van der Waals surface area contributed by atoms with E-state index in [1.807, 2.05) is 61.3 Å². The molecular formula is C46H52N12O6. The number of rotatable bonds is 20. The monoisotopic (exact) mass is 868 g/mol. The minimum Gasteiger partial charge on any atom is -0.491 e. The van der Waals surface area contributed by atoms with Crippen LogP contribution in [0.15, 0.2) is 60.9 Å². The minimum absolute atomic E-state index is 0.303. The third-order valence-electron chi connectivity index (χ3n) is 11.0. The van der Waals surface area contributed by atoms with Gasteiger partial charge in [-0.3, -0.25) is 19.0 Å². The molecule has 6 heterocycles. The highest BCUT2D eigenvalue weighted by atomic mass is 16.5. The fourth-order valence-corrected chi connectivity index (χ4v) is 8.10. The average Bonchev–Trinajstić information content (AvgIpc) is 4.04. The Morgan fingerprint density at radius 2 is 1.03 bits per heavy atom. The summed E-state index contributed by atoms with van der Waals surface area (Å²) in [6.07, 6.45) is 8.91. The molecule has 0 unspecified atom stereocenters. The topological polar surface area (TPSA) is 220 Å². The maximum absolute atomic E-state index is 12.7. The number of amides is 2. The largest absolute Gasteiger partial charge is 0.491 e. The van der Waals surface area contributed by atoms with Crippen molar-refractivity contribution in [3.63, 3.8) is 0 Å². The highest BCUT2D eigenvalue weighted by Crippen LogP contribution is 2.38. The smallest absolute Gasteiger partial charge is 0.248 e. The number of hydrogen-bond donors (Lipinski definition) is 2. The zero-order chi connectivity index (χ0) is 45.1. The summed E-state index contributed by atoms with van der Waals surface area (Å²) >= 11 is 0. The number of benzene rings is 2. The van der Waals surface area contributed by atoms with Crippen molar-refractivity contribution >= 4 is 55.7 Å². The molecule has 0 aliphatic rings. The molecule has 0 atom stereocenters. The predicted molar refractivity (Wildman–Crippen MR) is 243 cm³/mol. The summed E-state index contributed by atoms with van der Waals surface area (Å²) in [5, 5.41) is 12.2. The van der Waals surface area contributed by atoms with Gasteiger partial charge in [-0.05, 0) is 64.1 Å². The van der Waals surface area contributed by atoms with Crippen LogP contribution in [0.2, 0.25) is 0 Å². The first kappa shape index (κ1) is 43.5. The van der Waals surface area contributed by atoms with Crippen molar-refractivity contribution in [2.75, 3.05) is 40.6 Å². The van der Waals surface area contributed by atoms with E-state index < -0.39 is 11.8 Å². The lowest BCUT2D eigenvalue weighted by Crippen LogP contribution is -2.12. The molecule has 0 aliphatic carbocycles. The van der Waals surface area contributed by atoms with Crippen LogP contribution in [-0.2, 0) is 35.7 Å². The number of nitrogens with zero attached hydrogens (tertiary/aromatic N) is 10. The molecule has 8 rings (SSSR count). The highest BCUT2D eigenvalue weighted by Gasteiger charge is 2.23. The summed E-state index contributed by atoms with van der Waals surface area (Å²) in [4.78, 5) is 45.2. The van der Waals surface area contributed by atoms with E-state index in [2.05, 4.69) is 19.3 Å². The van der Waals surface area contributed by atoms with Crippen molar-refractivity contribution in [2.45, 2.75) is 66.7 Å². The zero-order valence-corrected chi connectivity index (χ0v) is 36.9. The van der Waals surface area contributed by atoms with Crippen LogP contribution in [0, 0.1) is 13.8 Å². The number of aromatic nitrogens is 10. The van der Waals surface area contributed by atoms with Gasteiger partial charge in [0.15, 0.2) is 11.6 Å². The molecule has 2 amide bonds. The van der Waals surface area contributed by atoms with E-state index in [-0.39, 0.29) is 0 Å². The van der Waals surface area contributed by atoms with E-state index in [1.54, 1.807) is 50.9 Å². The third kappa shape index (κ3) is 8.36. The SMILES string of the molecule is CCn1nc(C)cc1-c1ncc2c3cc(C(N)=O)cc(OCCCOC)c3n(C/C=C/Cn3c4nc(-c5cc(C)nn5CC)ncc4c4cc(C(N)=O)cc(OCCCOC)c43)c2n1. The molecule has 0 saturated carbocycles. The number of allylic oxidation sites excluding steroid dienone is 2. The number of carbonyl (C=O) groups excluding carboxylic acids is 2. The van der Waals surface area contributed by atoms with Gasteiger partial charge in [-0.15, -0.1) is 0 Å². The van der Waals surface area contributed by atoms with Gasteiger partial charge in [-0.25, -0.2) is 19.9 Å². The van der Waals surface area contributed by atoms with Gasteiger partial charge < -0.3 is 39.5 Å². The second kappa shape index (κ2) is 18.7. The number of hydrogen-bond acceptors (Lipinski definition) is 12. The fraction of sp³-hybridized carbons (Fsp3) is 0.348. The summed E-state index contributed by atoms with van der Waals surface area (Å²) in [6.45, 7) is 11.6. The molecule has 4 N–H and O–H groups in total. The number of fused-ring (bicyclic) bond motifs is 6. The second-order valence-corrected chi connectivity index (χ2v) is 15.4. The lowest BCUT2D eigenvalue weighted by molar-refractivity contribution is 0.0991. The Bertz CT molecular complexity index is 2860. The first-order chi connectivity index (χ1) is 31.0. The van der Waals surface area contributed by atoms with Gasteiger partial charge in [-0.1, -0.05) is 12.2 Å². The van der Waals surface area contributed by atoms with Crippen molar-refractivity contribution in [3.8, 4) is 34.5 Å². The maximum atomic E-state index is 12.7. The number of ether oxygens (including phenoxy) is 4. The van der Waals surface area contributed by atoms with Crippen LogP contribution < -0.4 is 20.9 Å². The first-order valence-electron chi connectivity index (χ1n) is 21.3. The summed E-state index contributed by atoms with van der Waals surface area (Å²) in [5.74, 6) is 0.823. The van der Waals surface area contributed by atoms with Gasteiger partial charge in [0.2, 0.25) is 11.8 Å². The molecule has 332 valence electrons. The van der Waals surface area contributed by atoms with Crippen molar-refractivity contribution in [3.05, 3.63) is 83.5 Å². The van der Waals surface area contributed by atoms with Crippen molar-refractivity contribution in [1.82, 2.24) is 48.6 Å². The summed E-state index contributed by atoms with van der Waals surface area (Å²) in [5.41, 5.74) is 18.3. The van der Waals surface area contributed by atoms with Crippen molar-refractivity contribution < 1.29 is 28.5 Å². The predicted octanol–water partition coefficient (Wildman–Crippen LogP) is 6.15. The van der Waals surface area contributed by atoms with Crippen LogP contribution in [-0.4, -0.2) is 101 Å². The standard InChI is InChI=1S/C46H52N12O6/c1-7-57-35(19-27(3)53-57)43-49-25-33-31-21-29(41(47)59)23-37(63-17-11-15-61-5)39(31)55(45(33)51-43)13-9-10-14-56-40-32(22-30(42(48)60)24-38(40)64-18-12-16-62-6)34-26-50-44(52-46(34)56)36-20-28(4)54-58(36)8-2/h9-10,19-26H,7-8,11-18H2,1-6H3,(H2,47,59)(H2,48,60)/b10-9+. The lowest BCUT2D eigenvalue weighted by atomic mass is 10.1. The second-order valence-electron chi connectivity index (χ2n) is 15.4. The van der Waals surface area contributed by atoms with Gasteiger partial charge in [0.05, 0.1) is 35.6 Å². The Morgan fingerprint density at radius 1 is 0.609 bits per heavy atom. The molecule has 0 spiro atoms. The minimum atomic E-state index is -0.582. The molecule has 0 aliphatic heterocycles. The molecule has 18 nitrogen and oxygen atoms in total. The Kier molecular flexibility index (Phi) is 12.7. The van der Waals surface area contributed by atoms with Gasteiger partial charge in [0, 0.05) is 112 Å². The molecule has 0 bridgehead atoms. The molecular weight excluding hydrogens is 817 g/mol. The number of methoxy groups -OCH3 is 2. The van der Waals surface area contributed by atoms with E-state index in [0.29, 0.717) is 111 Å². The molecule has 0 radical (unpaired) electrons. The van der Waals surface area contributed by atoms with Crippen LogP contribution in [0.1, 0.15) is 58.8 Å². The van der Waals surface area contributed by atoms with E-state index >= 15 is 0 Å². The highest BCUT2D eigenvalue weighted by molar-refractivity contribution is 6.13. The first-order valence-corrected chi connectivity index (χ1v) is 21.3. The van der Waals surface area contributed by atoms with Crippen molar-refractivity contribution in [2.24, 2.45) is 11.5 Å². The molecule has 0 fully saturated rings. The van der Waals surface area contributed by atoms with Gasteiger partial charge in [-0.2, -0.15) is 10.2 Å². The molecule has 18 heteroatoms.